The highest BCUT2D eigenvalue weighted by atomic mass is 35.5. The van der Waals surface area contributed by atoms with Gasteiger partial charge in [-0.15, -0.1) is 0 Å². The van der Waals surface area contributed by atoms with Gasteiger partial charge >= 0.3 is 5.97 Å². The first kappa shape index (κ1) is 24.6. The number of ether oxygens (including phenoxy) is 3. The first-order valence-electron chi connectivity index (χ1n) is 10.3. The lowest BCUT2D eigenvalue weighted by Gasteiger charge is -2.09. The van der Waals surface area contributed by atoms with Gasteiger partial charge in [-0.1, -0.05) is 29.8 Å². The molecule has 0 fully saturated rings. The molecule has 0 bridgehead atoms. The zero-order chi connectivity index (χ0) is 24.3. The summed E-state index contributed by atoms with van der Waals surface area (Å²) in [6.07, 6.45) is -0.250. The van der Waals surface area contributed by atoms with E-state index in [9.17, 15) is 14.4 Å². The number of benzene rings is 3. The third kappa shape index (κ3) is 7.83. The van der Waals surface area contributed by atoms with Crippen molar-refractivity contribution in [2.75, 3.05) is 24.4 Å². The van der Waals surface area contributed by atoms with Crippen molar-refractivity contribution in [1.82, 2.24) is 0 Å². The van der Waals surface area contributed by atoms with Gasteiger partial charge in [0, 0.05) is 23.9 Å². The summed E-state index contributed by atoms with van der Waals surface area (Å²) in [6, 6.07) is 20.6. The summed E-state index contributed by atoms with van der Waals surface area (Å²) in [6.45, 7) is -0.454. The van der Waals surface area contributed by atoms with Gasteiger partial charge in [-0.2, -0.15) is 0 Å². The highest BCUT2D eigenvalue weighted by Gasteiger charge is 2.11. The highest BCUT2D eigenvalue weighted by molar-refractivity contribution is 6.32. The van der Waals surface area contributed by atoms with Gasteiger partial charge in [-0.3, -0.25) is 14.4 Å². The summed E-state index contributed by atoms with van der Waals surface area (Å²) in [5.74, 6) is 0.157. The molecule has 0 aliphatic heterocycles. The van der Waals surface area contributed by atoms with Gasteiger partial charge in [0.2, 0.25) is 5.91 Å². The summed E-state index contributed by atoms with van der Waals surface area (Å²) >= 11 is 6.08. The molecular formula is C25H23ClN2O6. The summed E-state index contributed by atoms with van der Waals surface area (Å²) in [4.78, 5) is 35.9. The molecule has 176 valence electrons. The van der Waals surface area contributed by atoms with E-state index in [1.54, 1.807) is 66.7 Å². The number of hydrogen-bond donors (Lipinski definition) is 2. The zero-order valence-electron chi connectivity index (χ0n) is 18.4. The largest absolute Gasteiger partial charge is 0.497 e. The van der Waals surface area contributed by atoms with Crippen LogP contribution in [0.4, 0.5) is 11.4 Å². The minimum atomic E-state index is -0.653. The molecule has 8 nitrogen and oxygen atoms in total. The normalized spacial score (nSPS) is 10.2. The quantitative estimate of drug-likeness (QED) is 0.392. The number of rotatable bonds is 10. The number of methoxy groups -OCH3 is 1. The standard InChI is InChI=1S/C25H23ClN2O6/c1-32-20-6-4-5-18(15-20)28-24(30)16-33-25(31)14-13-23(29)27-17-9-11-19(12-10-17)34-22-8-3-2-7-21(22)26/h2-12,15H,13-14,16H2,1H3,(H,27,29)(H,28,30). The molecule has 3 aromatic carbocycles. The minimum absolute atomic E-state index is 0.0891. The van der Waals surface area contributed by atoms with Crippen molar-refractivity contribution in [2.24, 2.45) is 0 Å². The molecule has 0 aliphatic rings. The maximum Gasteiger partial charge on any atom is 0.306 e. The summed E-state index contributed by atoms with van der Waals surface area (Å²) in [5, 5.41) is 5.78. The van der Waals surface area contributed by atoms with Crippen molar-refractivity contribution < 1.29 is 28.6 Å². The van der Waals surface area contributed by atoms with Crippen LogP contribution < -0.4 is 20.1 Å². The first-order chi connectivity index (χ1) is 16.4. The molecule has 0 saturated heterocycles. The fourth-order valence-corrected chi connectivity index (χ4v) is 2.99. The van der Waals surface area contributed by atoms with Crippen LogP contribution in [0.2, 0.25) is 5.02 Å². The van der Waals surface area contributed by atoms with Crippen LogP contribution in [0, 0.1) is 0 Å². The molecule has 0 spiro atoms. The molecule has 3 aromatic rings. The van der Waals surface area contributed by atoms with Gasteiger partial charge in [-0.05, 0) is 48.5 Å². The zero-order valence-corrected chi connectivity index (χ0v) is 19.1. The Morgan fingerprint density at radius 2 is 1.53 bits per heavy atom. The molecule has 3 rings (SSSR count). The van der Waals surface area contributed by atoms with Gasteiger partial charge < -0.3 is 24.8 Å². The van der Waals surface area contributed by atoms with E-state index in [2.05, 4.69) is 10.6 Å². The number of carbonyl (C=O) groups excluding carboxylic acids is 3. The van der Waals surface area contributed by atoms with Gasteiger partial charge in [0.1, 0.15) is 17.2 Å². The SMILES string of the molecule is COc1cccc(NC(=O)COC(=O)CCC(=O)Nc2ccc(Oc3ccccc3Cl)cc2)c1. The van der Waals surface area contributed by atoms with Crippen LogP contribution in [0.5, 0.6) is 17.2 Å². The Labute approximate surface area is 201 Å². The number of hydrogen-bond acceptors (Lipinski definition) is 6. The van der Waals surface area contributed by atoms with Gasteiger partial charge in [0.25, 0.3) is 5.91 Å². The maximum atomic E-state index is 12.1. The van der Waals surface area contributed by atoms with Crippen LogP contribution in [0.3, 0.4) is 0 Å². The van der Waals surface area contributed by atoms with Crippen molar-refractivity contribution in [1.29, 1.82) is 0 Å². The molecule has 0 unspecified atom stereocenters. The molecule has 2 N–H and O–H groups in total. The number of carbonyl (C=O) groups is 3. The molecule has 0 aromatic heterocycles. The Morgan fingerprint density at radius 3 is 2.26 bits per heavy atom. The van der Waals surface area contributed by atoms with Crippen molar-refractivity contribution >= 4 is 40.8 Å². The summed E-state index contributed by atoms with van der Waals surface area (Å²) in [7, 11) is 1.52. The molecule has 0 saturated carbocycles. The van der Waals surface area contributed by atoms with Crippen LogP contribution in [0.15, 0.2) is 72.8 Å². The number of anilines is 2. The number of esters is 1. The predicted octanol–water partition coefficient (Wildman–Crippen LogP) is 5.04. The maximum absolute atomic E-state index is 12.1. The van der Waals surface area contributed by atoms with Crippen molar-refractivity contribution in [3.63, 3.8) is 0 Å². The smallest absolute Gasteiger partial charge is 0.306 e. The average Bonchev–Trinajstić information content (AvgIpc) is 2.84. The highest BCUT2D eigenvalue weighted by Crippen LogP contribution is 2.29. The van der Waals surface area contributed by atoms with Gasteiger partial charge in [-0.25, -0.2) is 0 Å². The lowest BCUT2D eigenvalue weighted by Crippen LogP contribution is -2.21. The van der Waals surface area contributed by atoms with E-state index in [0.29, 0.717) is 33.6 Å². The molecule has 0 radical (unpaired) electrons. The number of para-hydroxylation sites is 1. The Hall–Kier alpha value is -4.04. The molecule has 0 heterocycles. The van der Waals surface area contributed by atoms with Crippen molar-refractivity contribution in [2.45, 2.75) is 12.8 Å². The van der Waals surface area contributed by atoms with Crippen LogP contribution in [-0.4, -0.2) is 31.5 Å². The first-order valence-corrected chi connectivity index (χ1v) is 10.7. The second-order valence-electron chi connectivity index (χ2n) is 7.05. The Morgan fingerprint density at radius 1 is 0.794 bits per heavy atom. The fourth-order valence-electron chi connectivity index (χ4n) is 2.82. The Kier molecular flexibility index (Phi) is 8.88. The average molecular weight is 483 g/mol. The molecular weight excluding hydrogens is 460 g/mol. The van der Waals surface area contributed by atoms with Crippen LogP contribution >= 0.6 is 11.6 Å². The monoisotopic (exact) mass is 482 g/mol. The Bertz CT molecular complexity index is 1150. The molecule has 0 aliphatic carbocycles. The third-order valence-electron chi connectivity index (χ3n) is 4.48. The fraction of sp³-hybridized carbons (Fsp3) is 0.160. The van der Waals surface area contributed by atoms with E-state index >= 15 is 0 Å². The van der Waals surface area contributed by atoms with Crippen molar-refractivity contribution in [3.8, 4) is 17.2 Å². The number of amides is 2. The van der Waals surface area contributed by atoms with E-state index in [1.165, 1.54) is 7.11 Å². The molecule has 2 amide bonds. The second-order valence-corrected chi connectivity index (χ2v) is 7.45. The molecule has 9 heteroatoms. The topological polar surface area (TPSA) is 103 Å². The summed E-state index contributed by atoms with van der Waals surface area (Å²) in [5.41, 5.74) is 1.06. The van der Waals surface area contributed by atoms with Crippen molar-refractivity contribution in [3.05, 3.63) is 77.8 Å². The van der Waals surface area contributed by atoms with E-state index < -0.39 is 18.5 Å². The lowest BCUT2D eigenvalue weighted by atomic mass is 10.2. The van der Waals surface area contributed by atoms with Gasteiger partial charge in [0.15, 0.2) is 6.61 Å². The van der Waals surface area contributed by atoms with Crippen LogP contribution in [0.25, 0.3) is 0 Å². The third-order valence-corrected chi connectivity index (χ3v) is 4.79. The number of nitrogens with one attached hydrogen (secondary N) is 2. The summed E-state index contributed by atoms with van der Waals surface area (Å²) < 4.78 is 15.7. The van der Waals surface area contributed by atoms with E-state index in [4.69, 9.17) is 25.8 Å². The lowest BCUT2D eigenvalue weighted by molar-refractivity contribution is -0.147. The molecule has 0 atom stereocenters. The van der Waals surface area contributed by atoms with Crippen LogP contribution in [-0.2, 0) is 19.1 Å². The molecule has 34 heavy (non-hydrogen) atoms. The van der Waals surface area contributed by atoms with E-state index in [1.807, 2.05) is 6.07 Å². The van der Waals surface area contributed by atoms with Gasteiger partial charge in [0.05, 0.1) is 18.6 Å². The van der Waals surface area contributed by atoms with E-state index in [-0.39, 0.29) is 18.7 Å². The minimum Gasteiger partial charge on any atom is -0.497 e. The Balaban J connectivity index is 1.37. The predicted molar refractivity (Wildman–Crippen MR) is 128 cm³/mol. The van der Waals surface area contributed by atoms with E-state index in [0.717, 1.165) is 0 Å². The number of halogens is 1. The van der Waals surface area contributed by atoms with Crippen LogP contribution in [0.1, 0.15) is 12.8 Å². The second kappa shape index (κ2) is 12.3.